The Bertz CT molecular complexity index is 231. The molecule has 88 valence electrons. The van der Waals surface area contributed by atoms with Gasteiger partial charge in [-0.1, -0.05) is 27.9 Å². The van der Waals surface area contributed by atoms with Crippen LogP contribution in [-0.4, -0.2) is 27.7 Å². The highest BCUT2D eigenvalue weighted by Gasteiger charge is 2.30. The third kappa shape index (κ3) is 4.51. The first-order valence-corrected chi connectivity index (χ1v) is 6.53. The molecule has 2 unspecified atom stereocenters. The number of carbonyl (C=O) groups excluding carboxylic acids is 1. The Balaban J connectivity index is 0.00000196. The van der Waals surface area contributed by atoms with Gasteiger partial charge in [0.05, 0.1) is 4.58 Å². The van der Waals surface area contributed by atoms with E-state index in [1.54, 1.807) is 6.92 Å². The summed E-state index contributed by atoms with van der Waals surface area (Å²) >= 11 is 3.77. The first kappa shape index (κ1) is 14.9. The van der Waals surface area contributed by atoms with Gasteiger partial charge in [-0.15, -0.1) is 23.5 Å². The molecule has 1 saturated heterocycles. The number of esters is 1. The molecule has 0 bridgehead atoms. The standard InChI is InChI=1S/C10H16O2S2.CH4/c1-6(2)10(11)12-5-9-13-7(3)8(4)14-9;/h7-9H,1,5H2,2-4H3;1H4. The number of carbonyl (C=O) groups is 1. The van der Waals surface area contributed by atoms with E-state index < -0.39 is 0 Å². The van der Waals surface area contributed by atoms with Gasteiger partial charge < -0.3 is 4.74 Å². The van der Waals surface area contributed by atoms with Crippen LogP contribution in [0.25, 0.3) is 0 Å². The fraction of sp³-hybridized carbons (Fsp3) is 0.727. The largest absolute Gasteiger partial charge is 0.460 e. The van der Waals surface area contributed by atoms with Crippen molar-refractivity contribution in [3.8, 4) is 0 Å². The second kappa shape index (κ2) is 6.48. The van der Waals surface area contributed by atoms with E-state index in [0.29, 0.717) is 27.3 Å². The van der Waals surface area contributed by atoms with Gasteiger partial charge in [-0.05, 0) is 6.92 Å². The zero-order valence-corrected chi connectivity index (χ0v) is 10.4. The van der Waals surface area contributed by atoms with Crippen molar-refractivity contribution < 1.29 is 9.53 Å². The van der Waals surface area contributed by atoms with Gasteiger partial charge in [-0.3, -0.25) is 0 Å². The first-order chi connectivity index (χ1) is 6.50. The van der Waals surface area contributed by atoms with Crippen LogP contribution < -0.4 is 0 Å². The van der Waals surface area contributed by atoms with E-state index in [1.165, 1.54) is 0 Å². The van der Waals surface area contributed by atoms with Crippen LogP contribution in [0.15, 0.2) is 12.2 Å². The Kier molecular flexibility index (Phi) is 6.44. The maximum absolute atomic E-state index is 11.1. The molecule has 4 heteroatoms. The predicted octanol–water partition coefficient (Wildman–Crippen LogP) is 3.32. The normalized spacial score (nSPS) is 29.4. The molecular weight excluding hydrogens is 228 g/mol. The van der Waals surface area contributed by atoms with Crippen molar-refractivity contribution in [2.75, 3.05) is 6.61 Å². The van der Waals surface area contributed by atoms with Crippen LogP contribution in [0.4, 0.5) is 0 Å². The van der Waals surface area contributed by atoms with E-state index in [0.717, 1.165) is 0 Å². The predicted molar refractivity (Wildman–Crippen MR) is 70.4 cm³/mol. The lowest BCUT2D eigenvalue weighted by Gasteiger charge is -2.09. The van der Waals surface area contributed by atoms with E-state index in [-0.39, 0.29) is 13.4 Å². The summed E-state index contributed by atoms with van der Waals surface area (Å²) in [6.07, 6.45) is 0. The summed E-state index contributed by atoms with van der Waals surface area (Å²) in [5.41, 5.74) is 0.471. The Morgan fingerprint density at radius 3 is 2.20 bits per heavy atom. The zero-order valence-electron chi connectivity index (χ0n) is 8.78. The molecule has 1 rings (SSSR count). The minimum atomic E-state index is -0.279. The van der Waals surface area contributed by atoms with Gasteiger partial charge in [0.2, 0.25) is 0 Å². The molecule has 0 spiro atoms. The van der Waals surface area contributed by atoms with Crippen LogP contribution in [0.1, 0.15) is 28.2 Å². The molecule has 0 N–H and O–H groups in total. The highest BCUT2D eigenvalue weighted by molar-refractivity contribution is 8.20. The van der Waals surface area contributed by atoms with Gasteiger partial charge in [0.15, 0.2) is 0 Å². The van der Waals surface area contributed by atoms with Crippen LogP contribution in [0, 0.1) is 0 Å². The van der Waals surface area contributed by atoms with Crippen molar-refractivity contribution in [1.82, 2.24) is 0 Å². The minimum Gasteiger partial charge on any atom is -0.460 e. The average Bonchev–Trinajstić information content (AvgIpc) is 2.42. The number of hydrogen-bond acceptors (Lipinski definition) is 4. The summed E-state index contributed by atoms with van der Waals surface area (Å²) in [5.74, 6) is -0.279. The smallest absolute Gasteiger partial charge is 0.333 e. The molecule has 1 aliphatic rings. The van der Waals surface area contributed by atoms with Crippen molar-refractivity contribution in [3.63, 3.8) is 0 Å². The van der Waals surface area contributed by atoms with Crippen LogP contribution in [0.2, 0.25) is 0 Å². The second-order valence-electron chi connectivity index (χ2n) is 3.49. The van der Waals surface area contributed by atoms with Crippen molar-refractivity contribution >= 4 is 29.5 Å². The van der Waals surface area contributed by atoms with Crippen LogP contribution >= 0.6 is 23.5 Å². The van der Waals surface area contributed by atoms with Crippen LogP contribution in [0.3, 0.4) is 0 Å². The fourth-order valence-electron chi connectivity index (χ4n) is 1.08. The Hall–Kier alpha value is -0.0900. The lowest BCUT2D eigenvalue weighted by molar-refractivity contribution is -0.138. The van der Waals surface area contributed by atoms with E-state index >= 15 is 0 Å². The molecule has 1 heterocycles. The molecule has 2 atom stereocenters. The molecular formula is C11H20O2S2. The molecule has 2 nitrogen and oxygen atoms in total. The van der Waals surface area contributed by atoms with Crippen molar-refractivity contribution in [3.05, 3.63) is 12.2 Å². The minimum absolute atomic E-state index is 0. The lowest BCUT2D eigenvalue weighted by Crippen LogP contribution is -2.12. The van der Waals surface area contributed by atoms with Gasteiger partial charge in [-0.2, -0.15) is 0 Å². The molecule has 0 saturated carbocycles. The highest BCUT2D eigenvalue weighted by atomic mass is 32.2. The van der Waals surface area contributed by atoms with Crippen molar-refractivity contribution in [2.45, 2.75) is 43.3 Å². The third-order valence-electron chi connectivity index (χ3n) is 2.09. The van der Waals surface area contributed by atoms with Crippen molar-refractivity contribution in [1.29, 1.82) is 0 Å². The number of hydrogen-bond donors (Lipinski definition) is 0. The van der Waals surface area contributed by atoms with Gasteiger partial charge in [0.25, 0.3) is 0 Å². The fourth-order valence-corrected chi connectivity index (χ4v) is 4.46. The molecule has 15 heavy (non-hydrogen) atoms. The Labute approximate surface area is 101 Å². The number of thioether (sulfide) groups is 2. The van der Waals surface area contributed by atoms with Gasteiger partial charge in [-0.25, -0.2) is 4.79 Å². The van der Waals surface area contributed by atoms with Crippen LogP contribution in [0.5, 0.6) is 0 Å². The molecule has 0 aliphatic carbocycles. The van der Waals surface area contributed by atoms with Gasteiger partial charge >= 0.3 is 5.97 Å². The molecule has 0 radical (unpaired) electrons. The number of rotatable bonds is 3. The molecule has 0 aromatic heterocycles. The summed E-state index contributed by atoms with van der Waals surface area (Å²) < 4.78 is 5.50. The summed E-state index contributed by atoms with van der Waals surface area (Å²) in [7, 11) is 0. The van der Waals surface area contributed by atoms with E-state index in [4.69, 9.17) is 4.74 Å². The molecule has 0 aromatic rings. The SMILES string of the molecule is C.C=C(C)C(=O)OCC1SC(C)C(C)S1. The quantitative estimate of drug-likeness (QED) is 0.565. The summed E-state index contributed by atoms with van der Waals surface area (Å²) in [5, 5.41) is 1.29. The summed E-state index contributed by atoms with van der Waals surface area (Å²) in [6, 6.07) is 0. The molecule has 0 amide bonds. The van der Waals surface area contributed by atoms with Gasteiger partial charge in [0.1, 0.15) is 6.61 Å². The molecule has 1 aliphatic heterocycles. The molecule has 0 aromatic carbocycles. The monoisotopic (exact) mass is 248 g/mol. The first-order valence-electron chi connectivity index (χ1n) is 4.64. The average molecular weight is 248 g/mol. The zero-order chi connectivity index (χ0) is 10.7. The van der Waals surface area contributed by atoms with Gasteiger partial charge in [0, 0.05) is 16.1 Å². The van der Waals surface area contributed by atoms with E-state index in [9.17, 15) is 4.79 Å². The Morgan fingerprint density at radius 2 is 1.80 bits per heavy atom. The highest BCUT2D eigenvalue weighted by Crippen LogP contribution is 2.43. The lowest BCUT2D eigenvalue weighted by atomic mass is 10.4. The summed E-state index contributed by atoms with van der Waals surface area (Å²) in [6.45, 7) is 10.1. The van der Waals surface area contributed by atoms with E-state index in [1.807, 2.05) is 23.5 Å². The maximum Gasteiger partial charge on any atom is 0.333 e. The Morgan fingerprint density at radius 1 is 1.33 bits per heavy atom. The topological polar surface area (TPSA) is 26.3 Å². The molecule has 1 fully saturated rings. The third-order valence-corrected chi connectivity index (χ3v) is 5.49. The summed E-state index contributed by atoms with van der Waals surface area (Å²) in [4.78, 5) is 11.1. The number of ether oxygens (including phenoxy) is 1. The maximum atomic E-state index is 11.1. The van der Waals surface area contributed by atoms with E-state index in [2.05, 4.69) is 20.4 Å². The van der Waals surface area contributed by atoms with Crippen molar-refractivity contribution in [2.24, 2.45) is 0 Å². The van der Waals surface area contributed by atoms with Crippen LogP contribution in [-0.2, 0) is 9.53 Å². The second-order valence-corrected chi connectivity index (χ2v) is 6.96.